The predicted molar refractivity (Wildman–Crippen MR) is 104 cm³/mol. The molecule has 0 saturated carbocycles. The van der Waals surface area contributed by atoms with Crippen LogP contribution in [0.4, 0.5) is 0 Å². The van der Waals surface area contributed by atoms with Crippen molar-refractivity contribution in [2.24, 2.45) is 0 Å². The van der Waals surface area contributed by atoms with Gasteiger partial charge < -0.3 is 15.0 Å². The van der Waals surface area contributed by atoms with Gasteiger partial charge in [0.05, 0.1) is 18.7 Å². The molecule has 0 aliphatic carbocycles. The van der Waals surface area contributed by atoms with E-state index in [-0.39, 0.29) is 23.3 Å². The smallest absolute Gasteiger partial charge is 0.290 e. The van der Waals surface area contributed by atoms with Crippen LogP contribution < -0.4 is 5.32 Å². The monoisotopic (exact) mass is 378 g/mol. The second kappa shape index (κ2) is 7.82. The zero-order valence-electron chi connectivity index (χ0n) is 15.7. The number of hydrogen-bond donors (Lipinski definition) is 1. The van der Waals surface area contributed by atoms with Crippen LogP contribution in [0.15, 0.2) is 48.7 Å². The fourth-order valence-electron chi connectivity index (χ4n) is 3.35. The van der Waals surface area contributed by atoms with Gasteiger partial charge in [-0.1, -0.05) is 35.9 Å². The lowest BCUT2D eigenvalue weighted by Gasteiger charge is -2.26. The molecular weight excluding hydrogens is 356 g/mol. The largest absolute Gasteiger partial charge is 0.378 e. The van der Waals surface area contributed by atoms with E-state index in [1.807, 2.05) is 43.3 Å². The molecule has 3 heterocycles. The molecule has 2 aromatic heterocycles. The number of amides is 2. The summed E-state index contributed by atoms with van der Waals surface area (Å²) in [4.78, 5) is 31.8. The molecule has 0 atom stereocenters. The number of rotatable bonds is 4. The summed E-state index contributed by atoms with van der Waals surface area (Å²) < 4.78 is 6.99. The first-order chi connectivity index (χ1) is 13.6. The molecule has 28 heavy (non-hydrogen) atoms. The molecule has 0 unspecified atom stereocenters. The molecule has 1 aliphatic heterocycles. The summed E-state index contributed by atoms with van der Waals surface area (Å²) in [6.45, 7) is 4.49. The molecule has 3 aromatic rings. The van der Waals surface area contributed by atoms with Gasteiger partial charge in [0.15, 0.2) is 5.69 Å². The molecule has 0 radical (unpaired) electrons. The van der Waals surface area contributed by atoms with Gasteiger partial charge in [-0.15, -0.1) is 0 Å². The number of morpholine rings is 1. The number of fused-ring (bicyclic) bond motifs is 1. The Morgan fingerprint density at radius 3 is 2.75 bits per heavy atom. The third-order valence-electron chi connectivity index (χ3n) is 4.79. The minimum Gasteiger partial charge on any atom is -0.378 e. The van der Waals surface area contributed by atoms with E-state index in [1.165, 1.54) is 0 Å². The highest BCUT2D eigenvalue weighted by molar-refractivity contribution is 6.02. The van der Waals surface area contributed by atoms with Crippen LogP contribution in [-0.2, 0) is 11.3 Å². The van der Waals surface area contributed by atoms with Gasteiger partial charge >= 0.3 is 0 Å². The maximum atomic E-state index is 12.9. The molecule has 2 amide bonds. The van der Waals surface area contributed by atoms with Gasteiger partial charge in [0, 0.05) is 25.8 Å². The first kappa shape index (κ1) is 18.2. The Balaban J connectivity index is 1.60. The van der Waals surface area contributed by atoms with E-state index in [0.29, 0.717) is 38.4 Å². The highest BCUT2D eigenvalue weighted by Gasteiger charge is 2.26. The second-order valence-corrected chi connectivity index (χ2v) is 6.82. The number of aryl methyl sites for hydroxylation is 1. The van der Waals surface area contributed by atoms with Crippen molar-refractivity contribution < 1.29 is 14.3 Å². The summed E-state index contributed by atoms with van der Waals surface area (Å²) >= 11 is 0. The number of nitrogens with zero attached hydrogens (tertiary/aromatic N) is 3. The lowest BCUT2D eigenvalue weighted by molar-refractivity contribution is 0.0294. The van der Waals surface area contributed by atoms with Gasteiger partial charge in [-0.25, -0.2) is 4.98 Å². The Kier molecular flexibility index (Phi) is 5.08. The summed E-state index contributed by atoms with van der Waals surface area (Å²) in [5.41, 5.74) is 3.02. The minimum absolute atomic E-state index is 0.192. The fourth-order valence-corrected chi connectivity index (χ4v) is 3.35. The zero-order chi connectivity index (χ0) is 19.5. The van der Waals surface area contributed by atoms with E-state index < -0.39 is 0 Å². The molecule has 7 nitrogen and oxygen atoms in total. The highest BCUT2D eigenvalue weighted by Crippen LogP contribution is 2.16. The standard InChI is InChI=1S/C21H22N4O3/c1-15-5-4-6-16(13-15)14-22-20(26)18-17-7-2-3-8-25(17)19(23-18)21(27)24-9-11-28-12-10-24/h2-8,13H,9-12,14H2,1H3,(H,22,26). The first-order valence-electron chi connectivity index (χ1n) is 9.31. The molecule has 1 aromatic carbocycles. The van der Waals surface area contributed by atoms with Crippen LogP contribution in [-0.4, -0.2) is 52.4 Å². The molecule has 144 valence electrons. The van der Waals surface area contributed by atoms with Crippen molar-refractivity contribution in [1.29, 1.82) is 0 Å². The summed E-state index contributed by atoms with van der Waals surface area (Å²) in [6.07, 6.45) is 1.76. The number of nitrogens with one attached hydrogen (secondary N) is 1. The number of hydrogen-bond acceptors (Lipinski definition) is 4. The topological polar surface area (TPSA) is 75.9 Å². The van der Waals surface area contributed by atoms with Crippen LogP contribution in [0.5, 0.6) is 0 Å². The number of aromatic nitrogens is 2. The van der Waals surface area contributed by atoms with Crippen molar-refractivity contribution in [2.45, 2.75) is 13.5 Å². The van der Waals surface area contributed by atoms with Crippen molar-refractivity contribution in [3.8, 4) is 0 Å². The third kappa shape index (κ3) is 3.61. The van der Waals surface area contributed by atoms with E-state index in [9.17, 15) is 9.59 Å². The van der Waals surface area contributed by atoms with Gasteiger partial charge in [-0.2, -0.15) is 0 Å². The summed E-state index contributed by atoms with van der Waals surface area (Å²) in [6, 6.07) is 13.4. The van der Waals surface area contributed by atoms with Gasteiger partial charge in [0.2, 0.25) is 5.82 Å². The fraction of sp³-hybridized carbons (Fsp3) is 0.286. The lowest BCUT2D eigenvalue weighted by atomic mass is 10.1. The maximum absolute atomic E-state index is 12.9. The van der Waals surface area contributed by atoms with Crippen LogP contribution in [0.2, 0.25) is 0 Å². The van der Waals surface area contributed by atoms with Gasteiger partial charge in [-0.05, 0) is 24.6 Å². The number of benzene rings is 1. The molecule has 1 aliphatic rings. The number of imidazole rings is 1. The van der Waals surface area contributed by atoms with E-state index >= 15 is 0 Å². The highest BCUT2D eigenvalue weighted by atomic mass is 16.5. The van der Waals surface area contributed by atoms with Crippen molar-refractivity contribution >= 4 is 17.3 Å². The third-order valence-corrected chi connectivity index (χ3v) is 4.79. The Labute approximate surface area is 162 Å². The molecule has 1 N–H and O–H groups in total. The van der Waals surface area contributed by atoms with Gasteiger partial charge in [0.25, 0.3) is 11.8 Å². The average molecular weight is 378 g/mol. The minimum atomic E-state index is -0.300. The maximum Gasteiger partial charge on any atom is 0.290 e. The molecule has 0 spiro atoms. The second-order valence-electron chi connectivity index (χ2n) is 6.82. The van der Waals surface area contributed by atoms with Crippen molar-refractivity contribution in [3.63, 3.8) is 0 Å². The number of carbonyl (C=O) groups is 2. The Bertz CT molecular complexity index is 1020. The molecule has 7 heteroatoms. The van der Waals surface area contributed by atoms with Crippen LogP contribution in [0, 0.1) is 6.92 Å². The normalized spacial score (nSPS) is 14.2. The van der Waals surface area contributed by atoms with E-state index in [1.54, 1.807) is 21.6 Å². The SMILES string of the molecule is Cc1cccc(CNC(=O)c2nc(C(=O)N3CCOCC3)n3ccccc23)c1. The summed E-state index contributed by atoms with van der Waals surface area (Å²) in [5, 5.41) is 2.91. The Morgan fingerprint density at radius 2 is 1.96 bits per heavy atom. The van der Waals surface area contributed by atoms with Gasteiger partial charge in [-0.3, -0.25) is 14.0 Å². The van der Waals surface area contributed by atoms with Crippen LogP contribution in [0.1, 0.15) is 32.2 Å². The Hall–Kier alpha value is -3.19. The van der Waals surface area contributed by atoms with E-state index in [4.69, 9.17) is 4.74 Å². The molecule has 4 rings (SSSR count). The summed E-state index contributed by atoms with van der Waals surface area (Å²) in [5.74, 6) is -0.244. The first-order valence-corrected chi connectivity index (χ1v) is 9.31. The van der Waals surface area contributed by atoms with Crippen LogP contribution >= 0.6 is 0 Å². The van der Waals surface area contributed by atoms with Crippen molar-refractivity contribution in [2.75, 3.05) is 26.3 Å². The number of pyridine rings is 1. The van der Waals surface area contributed by atoms with Crippen LogP contribution in [0.25, 0.3) is 5.52 Å². The number of ether oxygens (including phenoxy) is 1. The van der Waals surface area contributed by atoms with E-state index in [2.05, 4.69) is 10.3 Å². The quantitative estimate of drug-likeness (QED) is 0.754. The zero-order valence-corrected chi connectivity index (χ0v) is 15.7. The van der Waals surface area contributed by atoms with E-state index in [0.717, 1.165) is 11.1 Å². The molecule has 1 saturated heterocycles. The molecule has 0 bridgehead atoms. The lowest BCUT2D eigenvalue weighted by Crippen LogP contribution is -2.41. The number of carbonyl (C=O) groups excluding carboxylic acids is 2. The van der Waals surface area contributed by atoms with Gasteiger partial charge in [0.1, 0.15) is 0 Å². The Morgan fingerprint density at radius 1 is 1.14 bits per heavy atom. The van der Waals surface area contributed by atoms with Crippen LogP contribution in [0.3, 0.4) is 0 Å². The predicted octanol–water partition coefficient (Wildman–Crippen LogP) is 2.05. The summed E-state index contributed by atoms with van der Waals surface area (Å²) in [7, 11) is 0. The van der Waals surface area contributed by atoms with Crippen molar-refractivity contribution in [3.05, 3.63) is 71.3 Å². The average Bonchev–Trinajstić information content (AvgIpc) is 3.12. The van der Waals surface area contributed by atoms with Crippen molar-refractivity contribution in [1.82, 2.24) is 19.6 Å². The molecular formula is C21H22N4O3. The molecule has 1 fully saturated rings.